The van der Waals surface area contributed by atoms with Crippen molar-refractivity contribution in [2.45, 2.75) is 0 Å². The molecule has 0 fully saturated rings. The van der Waals surface area contributed by atoms with Crippen molar-refractivity contribution in [3.8, 4) is 0 Å². The van der Waals surface area contributed by atoms with E-state index in [4.69, 9.17) is 5.11 Å². The second-order valence-electron chi connectivity index (χ2n) is 0.885. The standard InChI is InChI=1S/C2H4O2S3/c3-2(4)1-7(5)6/h7H,1H2,(H,3,4). The van der Waals surface area contributed by atoms with Gasteiger partial charge in [-0.05, 0) is 22.4 Å². The Labute approximate surface area is 52.4 Å². The fourth-order valence-electron chi connectivity index (χ4n) is 0.110. The molecule has 42 valence electrons. The van der Waals surface area contributed by atoms with Crippen LogP contribution in [0.1, 0.15) is 0 Å². The van der Waals surface area contributed by atoms with Crippen molar-refractivity contribution in [2.24, 2.45) is 0 Å². The fourth-order valence-corrected chi connectivity index (χ4v) is 0.994. The van der Waals surface area contributed by atoms with E-state index in [-0.39, 0.29) is 5.75 Å². The predicted molar refractivity (Wildman–Crippen MR) is 36.0 cm³/mol. The van der Waals surface area contributed by atoms with Gasteiger partial charge >= 0.3 is 5.97 Å². The molecule has 0 saturated carbocycles. The second kappa shape index (κ2) is 3.29. The molecule has 2 nitrogen and oxygen atoms in total. The van der Waals surface area contributed by atoms with Gasteiger partial charge in [0.1, 0.15) is 0 Å². The van der Waals surface area contributed by atoms with Crippen LogP contribution in [0.4, 0.5) is 0 Å². The van der Waals surface area contributed by atoms with E-state index in [1.807, 2.05) is 0 Å². The number of hydrogen-bond donors (Lipinski definition) is 2. The summed E-state index contributed by atoms with van der Waals surface area (Å²) in [7, 11) is -1.07. The SMILES string of the molecule is O=C(O)C[SH](=S)=S. The van der Waals surface area contributed by atoms with Crippen LogP contribution in [0.2, 0.25) is 0 Å². The maximum atomic E-state index is 9.69. The van der Waals surface area contributed by atoms with Crippen LogP contribution in [-0.2, 0) is 35.2 Å². The second-order valence-corrected chi connectivity index (χ2v) is 5.20. The topological polar surface area (TPSA) is 37.3 Å². The first-order chi connectivity index (χ1) is 3.13. The molecule has 0 aromatic rings. The molecule has 0 aliphatic carbocycles. The molecular formula is C2H4O2S3. The van der Waals surface area contributed by atoms with E-state index in [0.29, 0.717) is 0 Å². The van der Waals surface area contributed by atoms with Crippen molar-refractivity contribution < 1.29 is 9.90 Å². The summed E-state index contributed by atoms with van der Waals surface area (Å²) in [5, 5.41) is 7.97. The number of thiol groups is 1. The number of carboxylic acids is 1. The highest BCUT2D eigenvalue weighted by Crippen LogP contribution is 1.65. The maximum absolute atomic E-state index is 9.69. The third-order valence-electron chi connectivity index (χ3n) is 0.264. The van der Waals surface area contributed by atoms with E-state index in [0.717, 1.165) is 0 Å². The van der Waals surface area contributed by atoms with Gasteiger partial charge in [0.15, 0.2) is 0 Å². The zero-order valence-corrected chi connectivity index (χ0v) is 5.85. The van der Waals surface area contributed by atoms with E-state index >= 15 is 0 Å². The van der Waals surface area contributed by atoms with Gasteiger partial charge in [-0.2, -0.15) is 0 Å². The molecule has 0 aromatic carbocycles. The summed E-state index contributed by atoms with van der Waals surface area (Å²) >= 11 is 8.91. The Morgan fingerprint density at radius 3 is 2.14 bits per heavy atom. The molecule has 0 amide bonds. The Kier molecular flexibility index (Phi) is 3.41. The van der Waals surface area contributed by atoms with Crippen LogP contribution >= 0.6 is 0 Å². The van der Waals surface area contributed by atoms with Crippen molar-refractivity contribution >= 4 is 36.4 Å². The van der Waals surface area contributed by atoms with E-state index in [1.54, 1.807) is 0 Å². The molecule has 0 radical (unpaired) electrons. The normalized spacial score (nSPS) is 9.29. The summed E-state index contributed by atoms with van der Waals surface area (Å²) in [4.78, 5) is 9.69. The highest BCUT2D eigenvalue weighted by atomic mass is 33.1. The Morgan fingerprint density at radius 1 is 1.71 bits per heavy atom. The molecule has 0 heterocycles. The van der Waals surface area contributed by atoms with Gasteiger partial charge in [0.05, 0.1) is 5.75 Å². The molecular weight excluding hydrogens is 152 g/mol. The minimum absolute atomic E-state index is 0.0278. The molecule has 0 aliphatic heterocycles. The van der Waals surface area contributed by atoms with E-state index in [1.165, 1.54) is 0 Å². The average molecular weight is 156 g/mol. The molecule has 0 atom stereocenters. The van der Waals surface area contributed by atoms with Crippen molar-refractivity contribution in [1.29, 1.82) is 0 Å². The van der Waals surface area contributed by atoms with E-state index in [2.05, 4.69) is 22.4 Å². The highest BCUT2D eigenvalue weighted by molar-refractivity contribution is 8.46. The molecule has 1 N–H and O–H groups in total. The number of carbonyl (C=O) groups is 1. The quantitative estimate of drug-likeness (QED) is 0.521. The number of hydrogen-bond acceptors (Lipinski definition) is 3. The minimum Gasteiger partial charge on any atom is -0.481 e. The summed E-state index contributed by atoms with van der Waals surface area (Å²) in [6.07, 6.45) is 0. The smallest absolute Gasteiger partial charge is 0.313 e. The fraction of sp³-hybridized carbons (Fsp3) is 0.500. The first-order valence-electron chi connectivity index (χ1n) is 1.46. The van der Waals surface area contributed by atoms with Gasteiger partial charge in [0.2, 0.25) is 0 Å². The predicted octanol–water partition coefficient (Wildman–Crippen LogP) is -0.655. The lowest BCUT2D eigenvalue weighted by Gasteiger charge is -1.79. The van der Waals surface area contributed by atoms with Crippen LogP contribution < -0.4 is 0 Å². The minimum atomic E-state index is -1.07. The highest BCUT2D eigenvalue weighted by Gasteiger charge is 1.88. The maximum Gasteiger partial charge on any atom is 0.313 e. The lowest BCUT2D eigenvalue weighted by molar-refractivity contribution is -0.133. The van der Waals surface area contributed by atoms with Gasteiger partial charge in [-0.3, -0.25) is 4.79 Å². The van der Waals surface area contributed by atoms with Gasteiger partial charge in [0.25, 0.3) is 0 Å². The Bertz CT molecular complexity index is 128. The van der Waals surface area contributed by atoms with Gasteiger partial charge in [0, 0.05) is 0 Å². The third-order valence-corrected chi connectivity index (χ3v) is 1.57. The lowest BCUT2D eigenvalue weighted by atomic mass is 10.8. The molecule has 0 rings (SSSR count). The van der Waals surface area contributed by atoms with Crippen molar-refractivity contribution in [3.05, 3.63) is 0 Å². The van der Waals surface area contributed by atoms with Crippen LogP contribution in [-0.4, -0.2) is 16.8 Å². The Hall–Kier alpha value is 0.260. The largest absolute Gasteiger partial charge is 0.481 e. The third kappa shape index (κ3) is 6.26. The summed E-state index contributed by atoms with van der Waals surface area (Å²) in [5.74, 6) is -0.920. The van der Waals surface area contributed by atoms with Crippen molar-refractivity contribution in [3.63, 3.8) is 0 Å². The van der Waals surface area contributed by atoms with Crippen LogP contribution in [0.3, 0.4) is 0 Å². The van der Waals surface area contributed by atoms with Gasteiger partial charge in [-0.1, -0.05) is 8.01 Å². The van der Waals surface area contributed by atoms with Crippen molar-refractivity contribution in [1.82, 2.24) is 0 Å². The summed E-state index contributed by atoms with van der Waals surface area (Å²) < 4.78 is 0. The van der Waals surface area contributed by atoms with E-state index in [9.17, 15) is 4.79 Å². The van der Waals surface area contributed by atoms with Crippen LogP contribution in [0.5, 0.6) is 0 Å². The summed E-state index contributed by atoms with van der Waals surface area (Å²) in [6.45, 7) is 0. The first-order valence-corrected chi connectivity index (χ1v) is 5.02. The Morgan fingerprint density at radius 2 is 2.14 bits per heavy atom. The summed E-state index contributed by atoms with van der Waals surface area (Å²) in [5.41, 5.74) is 0. The van der Waals surface area contributed by atoms with E-state index < -0.39 is 14.0 Å². The molecule has 0 bridgehead atoms. The van der Waals surface area contributed by atoms with Crippen LogP contribution in [0, 0.1) is 0 Å². The van der Waals surface area contributed by atoms with Gasteiger partial charge in [-0.15, -0.1) is 0 Å². The average Bonchev–Trinajstić information content (AvgIpc) is 1.27. The molecule has 0 saturated heterocycles. The van der Waals surface area contributed by atoms with Crippen molar-refractivity contribution in [2.75, 3.05) is 5.75 Å². The number of rotatable bonds is 2. The van der Waals surface area contributed by atoms with Crippen LogP contribution in [0.15, 0.2) is 0 Å². The first kappa shape index (κ1) is 7.26. The molecule has 5 heteroatoms. The Balaban J connectivity index is 3.53. The zero-order valence-electron chi connectivity index (χ0n) is 3.33. The number of aliphatic carboxylic acids is 1. The lowest BCUT2D eigenvalue weighted by Crippen LogP contribution is -2.01. The molecule has 0 aromatic heterocycles. The summed E-state index contributed by atoms with van der Waals surface area (Å²) in [6, 6.07) is 0. The molecule has 7 heavy (non-hydrogen) atoms. The van der Waals surface area contributed by atoms with Crippen LogP contribution in [0.25, 0.3) is 0 Å². The molecule has 0 aliphatic rings. The number of carboxylic acid groups (broad SMARTS) is 1. The molecule has 0 spiro atoms. The van der Waals surface area contributed by atoms with Gasteiger partial charge < -0.3 is 5.11 Å². The zero-order chi connectivity index (χ0) is 5.86. The molecule has 0 unspecified atom stereocenters. The van der Waals surface area contributed by atoms with Gasteiger partial charge in [-0.25, -0.2) is 0 Å². The monoisotopic (exact) mass is 156 g/mol.